The molecule has 1 heterocycles. The predicted octanol–water partition coefficient (Wildman–Crippen LogP) is 3.69. The van der Waals surface area contributed by atoms with Gasteiger partial charge < -0.3 is 0 Å². The molecule has 0 aromatic heterocycles. The standard InChI is InChI=1S/C18H15Cl2NO2/c19-12-4-1-9(7-13(12)20)8-21-16(22)14-10-2-3-11(15(14)17(21)23)18(10)5-6-18/h1-4,7,10-11,14-15H,5-6,8H2/t10-,11-,14-,15+/m1/s1. The Labute approximate surface area is 144 Å². The first-order chi connectivity index (χ1) is 11.0. The summed E-state index contributed by atoms with van der Waals surface area (Å²) in [7, 11) is 0. The lowest BCUT2D eigenvalue weighted by Gasteiger charge is -2.21. The Morgan fingerprint density at radius 2 is 1.61 bits per heavy atom. The highest BCUT2D eigenvalue weighted by molar-refractivity contribution is 6.42. The van der Waals surface area contributed by atoms with Crippen molar-refractivity contribution in [1.29, 1.82) is 0 Å². The molecular formula is C18H15Cl2NO2. The van der Waals surface area contributed by atoms with Crippen LogP contribution in [0.4, 0.5) is 0 Å². The fraction of sp³-hybridized carbons (Fsp3) is 0.444. The van der Waals surface area contributed by atoms with Crippen molar-refractivity contribution in [3.8, 4) is 0 Å². The van der Waals surface area contributed by atoms with E-state index in [1.54, 1.807) is 12.1 Å². The van der Waals surface area contributed by atoms with Gasteiger partial charge in [0.25, 0.3) is 0 Å². The summed E-state index contributed by atoms with van der Waals surface area (Å²) in [6, 6.07) is 5.25. The van der Waals surface area contributed by atoms with Gasteiger partial charge in [-0.25, -0.2) is 0 Å². The van der Waals surface area contributed by atoms with Crippen LogP contribution in [0.1, 0.15) is 18.4 Å². The zero-order valence-corrected chi connectivity index (χ0v) is 13.8. The lowest BCUT2D eigenvalue weighted by molar-refractivity contribution is -0.141. The molecule has 2 saturated carbocycles. The highest BCUT2D eigenvalue weighted by Crippen LogP contribution is 2.73. The molecule has 1 saturated heterocycles. The second-order valence-electron chi connectivity index (χ2n) is 7.23. The Morgan fingerprint density at radius 3 is 2.13 bits per heavy atom. The van der Waals surface area contributed by atoms with Crippen molar-refractivity contribution in [3.63, 3.8) is 0 Å². The zero-order valence-electron chi connectivity index (χ0n) is 12.3. The highest BCUT2D eigenvalue weighted by Gasteiger charge is 2.73. The number of rotatable bonds is 2. The van der Waals surface area contributed by atoms with Crippen LogP contribution in [0.3, 0.4) is 0 Å². The van der Waals surface area contributed by atoms with E-state index in [0.29, 0.717) is 10.0 Å². The SMILES string of the molecule is O=C1[C@@H]2[C@H](C(=O)N1Cc1ccc(Cl)c(Cl)c1)[C@H]1C=C[C@H]2C12CC2. The first kappa shape index (κ1) is 14.1. The average Bonchev–Trinajstić information content (AvgIpc) is 3.14. The van der Waals surface area contributed by atoms with Crippen LogP contribution in [-0.2, 0) is 16.1 Å². The van der Waals surface area contributed by atoms with Crippen LogP contribution < -0.4 is 0 Å². The van der Waals surface area contributed by atoms with Crippen molar-refractivity contribution < 1.29 is 9.59 Å². The number of imide groups is 1. The van der Waals surface area contributed by atoms with E-state index in [1.165, 1.54) is 4.90 Å². The van der Waals surface area contributed by atoms with Gasteiger partial charge >= 0.3 is 0 Å². The van der Waals surface area contributed by atoms with Crippen molar-refractivity contribution in [2.24, 2.45) is 29.1 Å². The van der Waals surface area contributed by atoms with Crippen LogP contribution in [0.5, 0.6) is 0 Å². The lowest BCUT2D eigenvalue weighted by Crippen LogP contribution is -2.34. The monoisotopic (exact) mass is 347 g/mol. The van der Waals surface area contributed by atoms with E-state index in [1.807, 2.05) is 6.07 Å². The maximum Gasteiger partial charge on any atom is 0.234 e. The minimum Gasteiger partial charge on any atom is -0.278 e. The van der Waals surface area contributed by atoms with Gasteiger partial charge in [0.1, 0.15) is 0 Å². The van der Waals surface area contributed by atoms with E-state index in [0.717, 1.165) is 18.4 Å². The number of allylic oxidation sites excluding steroid dienone is 2. The summed E-state index contributed by atoms with van der Waals surface area (Å²) in [5.74, 6) is 0.259. The number of hydrogen-bond acceptors (Lipinski definition) is 2. The summed E-state index contributed by atoms with van der Waals surface area (Å²) in [5.41, 5.74) is 1.08. The number of benzene rings is 1. The smallest absolute Gasteiger partial charge is 0.234 e. The third-order valence-electron chi connectivity index (χ3n) is 6.27. The first-order valence-corrected chi connectivity index (χ1v) is 8.76. The van der Waals surface area contributed by atoms with Crippen LogP contribution in [0, 0.1) is 29.1 Å². The lowest BCUT2D eigenvalue weighted by atomic mass is 9.85. The molecule has 2 bridgehead atoms. The number of likely N-dealkylation sites (tertiary alicyclic amines) is 1. The molecule has 3 fully saturated rings. The van der Waals surface area contributed by atoms with Gasteiger partial charge in [0.2, 0.25) is 11.8 Å². The molecule has 3 aliphatic carbocycles. The Balaban J connectivity index is 1.45. The second kappa shape index (κ2) is 4.40. The quantitative estimate of drug-likeness (QED) is 0.604. The van der Waals surface area contributed by atoms with Crippen LogP contribution in [-0.4, -0.2) is 16.7 Å². The average molecular weight is 348 g/mol. The minimum atomic E-state index is -0.136. The summed E-state index contributed by atoms with van der Waals surface area (Å²) in [6.45, 7) is 0.286. The van der Waals surface area contributed by atoms with Crippen LogP contribution in [0.2, 0.25) is 10.0 Å². The molecule has 5 rings (SSSR count). The predicted molar refractivity (Wildman–Crippen MR) is 86.8 cm³/mol. The largest absolute Gasteiger partial charge is 0.278 e. The third kappa shape index (κ3) is 1.67. The van der Waals surface area contributed by atoms with Gasteiger partial charge in [-0.05, 0) is 47.8 Å². The minimum absolute atomic E-state index is 0.00537. The first-order valence-electron chi connectivity index (χ1n) is 8.00. The molecule has 0 N–H and O–H groups in total. The van der Waals surface area contributed by atoms with E-state index in [-0.39, 0.29) is 47.4 Å². The summed E-state index contributed by atoms with van der Waals surface area (Å²) >= 11 is 12.0. The third-order valence-corrected chi connectivity index (χ3v) is 7.01. The topological polar surface area (TPSA) is 37.4 Å². The molecule has 1 spiro atoms. The number of halogens is 2. The maximum atomic E-state index is 12.9. The molecule has 4 aliphatic rings. The Morgan fingerprint density at radius 1 is 1.00 bits per heavy atom. The molecular weight excluding hydrogens is 333 g/mol. The van der Waals surface area contributed by atoms with E-state index in [2.05, 4.69) is 12.2 Å². The number of hydrogen-bond donors (Lipinski definition) is 0. The van der Waals surface area contributed by atoms with Crippen LogP contribution in [0.15, 0.2) is 30.4 Å². The van der Waals surface area contributed by atoms with Crippen molar-refractivity contribution in [2.75, 3.05) is 0 Å². The summed E-state index contributed by atoms with van der Waals surface area (Å²) in [4.78, 5) is 27.2. The number of nitrogens with zero attached hydrogens (tertiary/aromatic N) is 1. The fourth-order valence-corrected chi connectivity index (χ4v) is 5.44. The molecule has 1 aromatic carbocycles. The number of amides is 2. The number of carbonyl (C=O) groups excluding carboxylic acids is 2. The molecule has 1 aliphatic heterocycles. The molecule has 23 heavy (non-hydrogen) atoms. The van der Waals surface area contributed by atoms with Crippen molar-refractivity contribution in [1.82, 2.24) is 4.90 Å². The molecule has 0 radical (unpaired) electrons. The molecule has 2 amide bonds. The number of fused-ring (bicyclic) bond motifs is 3. The van der Waals surface area contributed by atoms with Gasteiger partial charge in [0, 0.05) is 0 Å². The Kier molecular flexibility index (Phi) is 2.69. The van der Waals surface area contributed by atoms with Crippen LogP contribution in [0.25, 0.3) is 0 Å². The van der Waals surface area contributed by atoms with Crippen LogP contribution >= 0.6 is 23.2 Å². The second-order valence-corrected chi connectivity index (χ2v) is 8.05. The van der Waals surface area contributed by atoms with Crippen molar-refractivity contribution in [2.45, 2.75) is 19.4 Å². The van der Waals surface area contributed by atoms with E-state index < -0.39 is 0 Å². The maximum absolute atomic E-state index is 12.9. The van der Waals surface area contributed by atoms with Gasteiger partial charge in [0.05, 0.1) is 28.4 Å². The fourth-order valence-electron chi connectivity index (χ4n) is 5.12. The Bertz CT molecular complexity index is 749. The highest BCUT2D eigenvalue weighted by atomic mass is 35.5. The van der Waals surface area contributed by atoms with Gasteiger partial charge in [-0.15, -0.1) is 0 Å². The van der Waals surface area contributed by atoms with Crippen molar-refractivity contribution in [3.05, 3.63) is 46.0 Å². The van der Waals surface area contributed by atoms with E-state index in [9.17, 15) is 9.59 Å². The summed E-state index contributed by atoms with van der Waals surface area (Å²) < 4.78 is 0. The zero-order chi connectivity index (χ0) is 15.9. The molecule has 0 unspecified atom stereocenters. The van der Waals surface area contributed by atoms with Gasteiger partial charge in [-0.1, -0.05) is 41.4 Å². The van der Waals surface area contributed by atoms with Gasteiger partial charge in [-0.3, -0.25) is 14.5 Å². The molecule has 4 atom stereocenters. The normalized spacial score (nSPS) is 35.5. The summed E-state index contributed by atoms with van der Waals surface area (Å²) in [5, 5.41) is 0.923. The van der Waals surface area contributed by atoms with Gasteiger partial charge in [-0.2, -0.15) is 0 Å². The molecule has 3 nitrogen and oxygen atoms in total. The van der Waals surface area contributed by atoms with E-state index in [4.69, 9.17) is 23.2 Å². The van der Waals surface area contributed by atoms with Crippen molar-refractivity contribution >= 4 is 35.0 Å². The number of carbonyl (C=O) groups is 2. The summed E-state index contributed by atoms with van der Waals surface area (Å²) in [6.07, 6.45) is 6.70. The van der Waals surface area contributed by atoms with E-state index >= 15 is 0 Å². The Hall–Kier alpha value is -1.32. The molecule has 1 aromatic rings. The molecule has 5 heteroatoms. The van der Waals surface area contributed by atoms with Gasteiger partial charge in [0.15, 0.2) is 0 Å². The molecule has 118 valence electrons.